The Kier molecular flexibility index (Phi) is 2.90. The summed E-state index contributed by atoms with van der Waals surface area (Å²) in [4.78, 5) is 19.1. The van der Waals surface area contributed by atoms with Gasteiger partial charge in [0.2, 0.25) is 0 Å². The van der Waals surface area contributed by atoms with E-state index >= 15 is 0 Å². The van der Waals surface area contributed by atoms with Gasteiger partial charge in [-0.3, -0.25) is 0 Å². The summed E-state index contributed by atoms with van der Waals surface area (Å²) in [6.45, 7) is 0. The number of hydrogen-bond acceptors (Lipinski definition) is 4. The van der Waals surface area contributed by atoms with E-state index in [2.05, 4.69) is 9.97 Å². The highest BCUT2D eigenvalue weighted by Crippen LogP contribution is 2.35. The van der Waals surface area contributed by atoms with Gasteiger partial charge in [-0.1, -0.05) is 0 Å². The number of thiophene rings is 1. The number of benzene rings is 1. The summed E-state index contributed by atoms with van der Waals surface area (Å²) in [5, 5.41) is 10.9. The van der Waals surface area contributed by atoms with Gasteiger partial charge in [0.05, 0.1) is 18.2 Å². The average Bonchev–Trinajstić information content (AvgIpc) is 3.02. The number of H-pyrrole nitrogens is 1. The van der Waals surface area contributed by atoms with E-state index in [-0.39, 0.29) is 11.1 Å². The lowest BCUT2D eigenvalue weighted by atomic mass is 10.2. The molecular formula is C13H9FN2O3S. The van der Waals surface area contributed by atoms with E-state index < -0.39 is 11.8 Å². The number of carbonyl (C=O) groups is 1. The van der Waals surface area contributed by atoms with Crippen LogP contribution in [0.5, 0.6) is 5.75 Å². The minimum atomic E-state index is -1.22. The minimum absolute atomic E-state index is 0.168. The first-order valence-corrected chi connectivity index (χ1v) is 6.52. The van der Waals surface area contributed by atoms with E-state index in [1.807, 2.05) is 5.38 Å². The first-order valence-electron chi connectivity index (χ1n) is 5.64. The molecule has 3 aromatic rings. The highest BCUT2D eigenvalue weighted by Gasteiger charge is 2.17. The number of aromatic amines is 1. The SMILES string of the molecule is COc1ccsc1-c1nc2c(C(=O)O)cc(F)cc2[nH]1. The van der Waals surface area contributed by atoms with Crippen molar-refractivity contribution in [2.45, 2.75) is 0 Å². The van der Waals surface area contributed by atoms with Crippen LogP contribution in [0.1, 0.15) is 10.4 Å². The molecule has 0 amide bonds. The van der Waals surface area contributed by atoms with Gasteiger partial charge < -0.3 is 14.8 Å². The van der Waals surface area contributed by atoms with Gasteiger partial charge in [0, 0.05) is 0 Å². The Labute approximate surface area is 116 Å². The van der Waals surface area contributed by atoms with Crippen LogP contribution >= 0.6 is 11.3 Å². The lowest BCUT2D eigenvalue weighted by Gasteiger charge is -1.97. The molecule has 0 aliphatic rings. The molecule has 1 aromatic carbocycles. The molecule has 0 saturated heterocycles. The van der Waals surface area contributed by atoms with Crippen LogP contribution in [0.15, 0.2) is 23.6 Å². The van der Waals surface area contributed by atoms with Gasteiger partial charge in [0.1, 0.15) is 22.0 Å². The van der Waals surface area contributed by atoms with Crippen LogP contribution in [-0.4, -0.2) is 28.2 Å². The number of nitrogens with zero attached hydrogens (tertiary/aromatic N) is 1. The number of rotatable bonds is 3. The fraction of sp³-hybridized carbons (Fsp3) is 0.0769. The first-order chi connectivity index (χ1) is 9.60. The third-order valence-electron chi connectivity index (χ3n) is 2.85. The summed E-state index contributed by atoms with van der Waals surface area (Å²) < 4.78 is 18.6. The Balaban J connectivity index is 2.25. The second-order valence-electron chi connectivity index (χ2n) is 4.06. The Bertz CT molecular complexity index is 809. The second kappa shape index (κ2) is 4.61. The molecule has 0 radical (unpaired) electrons. The molecule has 0 aliphatic heterocycles. The molecule has 0 saturated carbocycles. The molecule has 2 aromatic heterocycles. The summed E-state index contributed by atoms with van der Waals surface area (Å²) in [5.74, 6) is -0.750. The number of carboxylic acid groups (broad SMARTS) is 1. The molecular weight excluding hydrogens is 283 g/mol. The number of aromatic carboxylic acids is 1. The van der Waals surface area contributed by atoms with Crippen LogP contribution in [0.25, 0.3) is 21.7 Å². The molecule has 3 rings (SSSR count). The van der Waals surface area contributed by atoms with Gasteiger partial charge in [-0.2, -0.15) is 0 Å². The Hall–Kier alpha value is -2.41. The van der Waals surface area contributed by atoms with E-state index in [0.717, 1.165) is 10.9 Å². The smallest absolute Gasteiger partial charge is 0.338 e. The van der Waals surface area contributed by atoms with E-state index in [1.54, 1.807) is 6.07 Å². The van der Waals surface area contributed by atoms with Crippen LogP contribution in [0.2, 0.25) is 0 Å². The number of nitrogens with one attached hydrogen (secondary N) is 1. The average molecular weight is 292 g/mol. The van der Waals surface area contributed by atoms with Gasteiger partial charge in [-0.05, 0) is 23.6 Å². The molecule has 20 heavy (non-hydrogen) atoms. The van der Waals surface area contributed by atoms with E-state index in [0.29, 0.717) is 17.1 Å². The van der Waals surface area contributed by atoms with E-state index in [4.69, 9.17) is 9.84 Å². The predicted octanol–water partition coefficient (Wildman–Crippen LogP) is 3.14. The summed E-state index contributed by atoms with van der Waals surface area (Å²) in [6, 6.07) is 3.96. The maximum atomic E-state index is 13.4. The van der Waals surface area contributed by atoms with Gasteiger partial charge in [0.15, 0.2) is 5.82 Å². The summed E-state index contributed by atoms with van der Waals surface area (Å²) in [7, 11) is 1.54. The number of halogens is 1. The zero-order chi connectivity index (χ0) is 14.3. The third-order valence-corrected chi connectivity index (χ3v) is 3.75. The number of hydrogen-bond donors (Lipinski definition) is 2. The molecule has 2 heterocycles. The Morgan fingerprint density at radius 3 is 3.00 bits per heavy atom. The number of methoxy groups -OCH3 is 1. The second-order valence-corrected chi connectivity index (χ2v) is 4.97. The number of ether oxygens (including phenoxy) is 1. The van der Waals surface area contributed by atoms with Crippen LogP contribution < -0.4 is 4.74 Å². The van der Waals surface area contributed by atoms with E-state index in [9.17, 15) is 9.18 Å². The van der Waals surface area contributed by atoms with Crippen molar-refractivity contribution < 1.29 is 19.0 Å². The van der Waals surface area contributed by atoms with Crippen LogP contribution in [0, 0.1) is 5.82 Å². The molecule has 0 unspecified atom stereocenters. The maximum absolute atomic E-state index is 13.4. The highest BCUT2D eigenvalue weighted by molar-refractivity contribution is 7.13. The topological polar surface area (TPSA) is 75.2 Å². The van der Waals surface area contributed by atoms with Crippen molar-refractivity contribution in [1.29, 1.82) is 0 Å². The quantitative estimate of drug-likeness (QED) is 0.777. The van der Waals surface area contributed by atoms with Crippen molar-refractivity contribution in [3.63, 3.8) is 0 Å². The molecule has 5 nitrogen and oxygen atoms in total. The van der Waals surface area contributed by atoms with Crippen LogP contribution in [0.4, 0.5) is 4.39 Å². The molecule has 2 N–H and O–H groups in total. The number of imidazole rings is 1. The number of fused-ring (bicyclic) bond motifs is 1. The molecule has 0 atom stereocenters. The molecule has 0 bridgehead atoms. The summed E-state index contributed by atoms with van der Waals surface area (Å²) in [5.41, 5.74) is 0.398. The monoisotopic (exact) mass is 292 g/mol. The van der Waals surface area contributed by atoms with Crippen molar-refractivity contribution in [1.82, 2.24) is 9.97 Å². The predicted molar refractivity (Wildman–Crippen MR) is 72.9 cm³/mol. The lowest BCUT2D eigenvalue weighted by Crippen LogP contribution is -1.98. The standard InChI is InChI=1S/C13H9FN2O3S/c1-19-9-2-3-20-11(9)12-15-8-5-6(14)4-7(13(17)18)10(8)16-12/h2-5H,1H3,(H,15,16)(H,17,18). The largest absolute Gasteiger partial charge is 0.495 e. The van der Waals surface area contributed by atoms with E-state index in [1.165, 1.54) is 24.5 Å². The molecule has 7 heteroatoms. The molecule has 0 aliphatic carbocycles. The van der Waals surface area contributed by atoms with Crippen molar-refractivity contribution in [3.05, 3.63) is 35.0 Å². The zero-order valence-corrected chi connectivity index (χ0v) is 11.1. The number of aromatic nitrogens is 2. The first kappa shape index (κ1) is 12.6. The fourth-order valence-corrected chi connectivity index (χ4v) is 2.79. The van der Waals surface area contributed by atoms with Crippen LogP contribution in [-0.2, 0) is 0 Å². The van der Waals surface area contributed by atoms with Gasteiger partial charge in [0.25, 0.3) is 0 Å². The fourth-order valence-electron chi connectivity index (χ4n) is 1.98. The van der Waals surface area contributed by atoms with Gasteiger partial charge in [-0.25, -0.2) is 14.2 Å². The number of carboxylic acids is 1. The normalized spacial score (nSPS) is 10.9. The van der Waals surface area contributed by atoms with Gasteiger partial charge >= 0.3 is 5.97 Å². The highest BCUT2D eigenvalue weighted by atomic mass is 32.1. The third kappa shape index (κ3) is 1.92. The minimum Gasteiger partial charge on any atom is -0.495 e. The molecule has 0 fully saturated rings. The van der Waals surface area contributed by atoms with Crippen molar-refractivity contribution >= 4 is 28.3 Å². The van der Waals surface area contributed by atoms with Crippen molar-refractivity contribution in [2.24, 2.45) is 0 Å². The van der Waals surface area contributed by atoms with Crippen molar-refractivity contribution in [3.8, 4) is 16.5 Å². The Morgan fingerprint density at radius 1 is 1.50 bits per heavy atom. The summed E-state index contributed by atoms with van der Waals surface area (Å²) in [6.07, 6.45) is 0. The summed E-state index contributed by atoms with van der Waals surface area (Å²) >= 11 is 1.40. The molecule has 0 spiro atoms. The zero-order valence-electron chi connectivity index (χ0n) is 10.3. The van der Waals surface area contributed by atoms with Crippen LogP contribution in [0.3, 0.4) is 0 Å². The van der Waals surface area contributed by atoms with Crippen molar-refractivity contribution in [2.75, 3.05) is 7.11 Å². The lowest BCUT2D eigenvalue weighted by molar-refractivity contribution is 0.0698. The maximum Gasteiger partial charge on any atom is 0.338 e. The van der Waals surface area contributed by atoms with Gasteiger partial charge in [-0.15, -0.1) is 11.3 Å². The Morgan fingerprint density at radius 2 is 2.30 bits per heavy atom. The molecule has 102 valence electrons.